The van der Waals surface area contributed by atoms with Gasteiger partial charge in [-0.05, 0) is 43.5 Å². The van der Waals surface area contributed by atoms with Crippen molar-refractivity contribution in [3.8, 4) is 5.75 Å². The van der Waals surface area contributed by atoms with Gasteiger partial charge < -0.3 is 24.8 Å². The lowest BCUT2D eigenvalue weighted by Crippen LogP contribution is -2.57. The summed E-state index contributed by atoms with van der Waals surface area (Å²) >= 11 is 0. The van der Waals surface area contributed by atoms with Crippen molar-refractivity contribution < 1.29 is 29.2 Å². The van der Waals surface area contributed by atoms with Crippen LogP contribution in [0.25, 0.3) is 0 Å². The second kappa shape index (κ2) is 9.28. The van der Waals surface area contributed by atoms with E-state index in [2.05, 4.69) is 0 Å². The molecule has 1 aliphatic heterocycles. The number of alkyl halides is 1. The van der Waals surface area contributed by atoms with Crippen molar-refractivity contribution in [2.24, 2.45) is 0 Å². The Morgan fingerprint density at radius 3 is 2.42 bits per heavy atom. The summed E-state index contributed by atoms with van der Waals surface area (Å²) in [6, 6.07) is 7.71. The van der Waals surface area contributed by atoms with Gasteiger partial charge >= 0.3 is 0 Å². The minimum Gasteiger partial charge on any atom is -0.497 e. The van der Waals surface area contributed by atoms with E-state index in [1.54, 1.807) is 20.1 Å². The first-order valence-electron chi connectivity index (χ1n) is 8.64. The molecule has 26 heavy (non-hydrogen) atoms. The maximum atomic E-state index is 13.9. The van der Waals surface area contributed by atoms with Crippen LogP contribution in [0.3, 0.4) is 0 Å². The predicted molar refractivity (Wildman–Crippen MR) is 96.9 cm³/mol. The monoisotopic (exact) mass is 366 g/mol. The maximum absolute atomic E-state index is 13.9. The topological polar surface area (TPSA) is 79.2 Å². The van der Waals surface area contributed by atoms with E-state index >= 15 is 0 Å². The Morgan fingerprint density at radius 1 is 1.23 bits per heavy atom. The lowest BCUT2D eigenvalue weighted by Gasteiger charge is -2.39. The van der Waals surface area contributed by atoms with Crippen molar-refractivity contribution in [3.63, 3.8) is 0 Å². The predicted octanol–water partition coefficient (Wildman–Crippen LogP) is 1.95. The van der Waals surface area contributed by atoms with Crippen LogP contribution in [0.5, 0.6) is 5.75 Å². The van der Waals surface area contributed by atoms with Crippen LogP contribution in [0.4, 0.5) is 4.39 Å². The third-order valence-electron chi connectivity index (χ3n) is 4.56. The van der Waals surface area contributed by atoms with Crippen LogP contribution in [0, 0.1) is 0 Å². The molecule has 0 amide bonds. The minimum atomic E-state index is -1.83. The van der Waals surface area contributed by atoms with Gasteiger partial charge in [0.2, 0.25) is 0 Å². The molecule has 1 aromatic carbocycles. The van der Waals surface area contributed by atoms with E-state index in [-0.39, 0.29) is 0 Å². The molecular formula is C20H27FO5. The number of benzene rings is 1. The van der Waals surface area contributed by atoms with Crippen LogP contribution in [0.1, 0.15) is 19.4 Å². The number of hydrogen-bond donors (Lipinski definition) is 3. The Morgan fingerprint density at radius 2 is 1.88 bits per heavy atom. The fourth-order valence-electron chi connectivity index (χ4n) is 3.08. The van der Waals surface area contributed by atoms with Crippen molar-refractivity contribution in [1.82, 2.24) is 0 Å². The summed E-state index contributed by atoms with van der Waals surface area (Å²) in [5, 5.41) is 29.4. The minimum absolute atomic E-state index is 0.563. The van der Waals surface area contributed by atoms with Crippen LogP contribution in [-0.4, -0.2) is 59.6 Å². The molecule has 2 rings (SSSR count). The van der Waals surface area contributed by atoms with Crippen molar-refractivity contribution in [2.75, 3.05) is 13.7 Å². The molecule has 3 N–H and O–H groups in total. The molecule has 1 aliphatic rings. The molecule has 5 atom stereocenters. The average molecular weight is 366 g/mol. The number of ether oxygens (including phenoxy) is 2. The highest BCUT2D eigenvalue weighted by atomic mass is 19.1. The van der Waals surface area contributed by atoms with Gasteiger partial charge in [0, 0.05) is 0 Å². The SMILES string of the molecule is C/C=C(\C=C(/C)Cc1ccc(OC)cc1)C1OC(CO)C(F)C(O)C1O. The first-order valence-corrected chi connectivity index (χ1v) is 8.64. The van der Waals surface area contributed by atoms with Gasteiger partial charge in [0.1, 0.15) is 30.2 Å². The van der Waals surface area contributed by atoms with Gasteiger partial charge in [-0.2, -0.15) is 0 Å². The zero-order valence-corrected chi connectivity index (χ0v) is 15.3. The van der Waals surface area contributed by atoms with Crippen LogP contribution in [0.2, 0.25) is 0 Å². The summed E-state index contributed by atoms with van der Waals surface area (Å²) < 4.78 is 24.5. The van der Waals surface area contributed by atoms with E-state index in [0.717, 1.165) is 16.9 Å². The van der Waals surface area contributed by atoms with Gasteiger partial charge in [0.25, 0.3) is 0 Å². The molecule has 5 nitrogen and oxygen atoms in total. The fourth-order valence-corrected chi connectivity index (χ4v) is 3.08. The molecule has 0 aliphatic carbocycles. The standard InChI is InChI=1S/C20H27FO5/c1-4-14(20-19(24)18(23)17(21)16(11-22)26-20)10-12(2)9-13-5-7-15(25-3)8-6-13/h4-8,10,16-20,22-24H,9,11H2,1-3H3/b12-10+,14-4+. The van der Waals surface area contributed by atoms with Gasteiger partial charge in [-0.25, -0.2) is 4.39 Å². The summed E-state index contributed by atoms with van der Waals surface area (Å²) in [5.41, 5.74) is 2.74. The van der Waals surface area contributed by atoms with Crippen LogP contribution < -0.4 is 4.74 Å². The van der Waals surface area contributed by atoms with Gasteiger partial charge in [-0.1, -0.05) is 29.9 Å². The second-order valence-corrected chi connectivity index (χ2v) is 6.51. The number of methoxy groups -OCH3 is 1. The van der Waals surface area contributed by atoms with Crippen molar-refractivity contribution >= 4 is 0 Å². The van der Waals surface area contributed by atoms with Crippen LogP contribution in [0.15, 0.2) is 47.6 Å². The lowest BCUT2D eigenvalue weighted by atomic mass is 9.90. The van der Waals surface area contributed by atoms with Gasteiger partial charge in [-0.15, -0.1) is 0 Å². The molecule has 5 unspecified atom stereocenters. The average Bonchev–Trinajstić information content (AvgIpc) is 2.65. The zero-order valence-electron chi connectivity index (χ0n) is 15.3. The molecule has 0 saturated carbocycles. The van der Waals surface area contributed by atoms with Gasteiger partial charge in [0.15, 0.2) is 6.17 Å². The maximum Gasteiger partial charge on any atom is 0.157 e. The molecular weight excluding hydrogens is 339 g/mol. The van der Waals surface area contributed by atoms with Crippen LogP contribution >= 0.6 is 0 Å². The van der Waals surface area contributed by atoms with Crippen molar-refractivity contribution in [3.05, 3.63) is 53.1 Å². The highest BCUT2D eigenvalue weighted by Crippen LogP contribution is 2.29. The Balaban J connectivity index is 2.14. The molecule has 0 bridgehead atoms. The zero-order chi connectivity index (χ0) is 19.3. The molecule has 144 valence electrons. The summed E-state index contributed by atoms with van der Waals surface area (Å²) in [5.74, 6) is 0.785. The Hall–Kier alpha value is -1.73. The van der Waals surface area contributed by atoms with E-state index < -0.39 is 37.2 Å². The molecule has 1 fully saturated rings. The van der Waals surface area contributed by atoms with Crippen LogP contribution in [-0.2, 0) is 11.2 Å². The smallest absolute Gasteiger partial charge is 0.157 e. The lowest BCUT2D eigenvalue weighted by molar-refractivity contribution is -0.199. The van der Waals surface area contributed by atoms with Gasteiger partial charge in [0.05, 0.1) is 13.7 Å². The Kier molecular flexibility index (Phi) is 7.34. The highest BCUT2D eigenvalue weighted by molar-refractivity contribution is 5.33. The van der Waals surface area contributed by atoms with E-state index in [0.29, 0.717) is 12.0 Å². The molecule has 1 heterocycles. The Labute approximate surface area is 153 Å². The van der Waals surface area contributed by atoms with E-state index in [1.807, 2.05) is 37.3 Å². The largest absolute Gasteiger partial charge is 0.497 e. The normalized spacial score (nSPS) is 30.3. The molecule has 0 spiro atoms. The number of aliphatic hydroxyl groups is 3. The first-order chi connectivity index (χ1) is 12.4. The molecule has 1 saturated heterocycles. The number of allylic oxidation sites excluding steroid dienone is 2. The van der Waals surface area contributed by atoms with E-state index in [1.165, 1.54) is 0 Å². The number of rotatable bonds is 6. The summed E-state index contributed by atoms with van der Waals surface area (Å²) in [6.45, 7) is 3.16. The highest BCUT2D eigenvalue weighted by Gasteiger charge is 2.45. The summed E-state index contributed by atoms with van der Waals surface area (Å²) in [7, 11) is 1.62. The fraction of sp³-hybridized carbons (Fsp3) is 0.500. The summed E-state index contributed by atoms with van der Waals surface area (Å²) in [4.78, 5) is 0. The van der Waals surface area contributed by atoms with Gasteiger partial charge in [-0.3, -0.25) is 0 Å². The molecule has 0 radical (unpaired) electrons. The third kappa shape index (κ3) is 4.71. The molecule has 6 heteroatoms. The van der Waals surface area contributed by atoms with E-state index in [9.17, 15) is 19.7 Å². The number of hydrogen-bond acceptors (Lipinski definition) is 5. The second-order valence-electron chi connectivity index (χ2n) is 6.51. The third-order valence-corrected chi connectivity index (χ3v) is 4.56. The molecule has 1 aromatic rings. The Bertz CT molecular complexity index is 638. The number of halogens is 1. The van der Waals surface area contributed by atoms with Crippen molar-refractivity contribution in [1.29, 1.82) is 0 Å². The number of aliphatic hydroxyl groups excluding tert-OH is 3. The molecule has 0 aromatic heterocycles. The quantitative estimate of drug-likeness (QED) is 0.671. The van der Waals surface area contributed by atoms with Crippen molar-refractivity contribution in [2.45, 2.75) is 50.9 Å². The van der Waals surface area contributed by atoms with E-state index in [4.69, 9.17) is 9.47 Å². The first kappa shape index (κ1) is 20.6. The summed E-state index contributed by atoms with van der Waals surface area (Å²) in [6.07, 6.45) is -2.59.